The Morgan fingerprint density at radius 2 is 2.37 bits per heavy atom. The first kappa shape index (κ1) is 13.7. The molecule has 5 nitrogen and oxygen atoms in total. The number of hydrogen-bond acceptors (Lipinski definition) is 5. The van der Waals surface area contributed by atoms with Crippen LogP contribution in [0, 0.1) is 11.3 Å². The minimum Gasteiger partial charge on any atom is -0.496 e. The van der Waals surface area contributed by atoms with Crippen LogP contribution in [0.25, 0.3) is 0 Å². The largest absolute Gasteiger partial charge is 0.496 e. The average Bonchev–Trinajstić information content (AvgIpc) is 2.46. The molecule has 1 aliphatic rings. The van der Waals surface area contributed by atoms with E-state index in [0.717, 1.165) is 11.3 Å². The fourth-order valence-corrected chi connectivity index (χ4v) is 2.35. The number of aliphatic hydroxyl groups excluding tert-OH is 1. The van der Waals surface area contributed by atoms with E-state index in [4.69, 9.17) is 14.7 Å². The fourth-order valence-electron chi connectivity index (χ4n) is 2.35. The minimum atomic E-state index is -0.630. The molecule has 0 aromatic heterocycles. The van der Waals surface area contributed by atoms with Crippen molar-refractivity contribution < 1.29 is 14.6 Å². The van der Waals surface area contributed by atoms with E-state index in [-0.39, 0.29) is 0 Å². The van der Waals surface area contributed by atoms with Crippen molar-refractivity contribution in [1.82, 2.24) is 0 Å². The molecule has 1 aromatic carbocycles. The van der Waals surface area contributed by atoms with Gasteiger partial charge in [-0.2, -0.15) is 5.26 Å². The first-order valence-corrected chi connectivity index (χ1v) is 6.28. The van der Waals surface area contributed by atoms with Crippen LogP contribution >= 0.6 is 0 Å². The predicted octanol–water partition coefficient (Wildman–Crippen LogP) is 1.48. The standard InChI is InChI=1S/C14H18N2O3/c1-10(17)14-12(4-3-5-13(14)18-2)16-6-7-19-11(8-15)9-16/h3-5,10-11,17H,6-7,9H2,1-2H3/t10-,11?/m1/s1. The molecule has 0 saturated carbocycles. The number of methoxy groups -OCH3 is 1. The lowest BCUT2D eigenvalue weighted by Crippen LogP contribution is -2.42. The second kappa shape index (κ2) is 5.91. The summed E-state index contributed by atoms with van der Waals surface area (Å²) in [5.74, 6) is 0.660. The summed E-state index contributed by atoms with van der Waals surface area (Å²) in [7, 11) is 1.59. The first-order valence-electron chi connectivity index (χ1n) is 6.28. The molecule has 0 amide bonds. The van der Waals surface area contributed by atoms with Gasteiger partial charge in [0.25, 0.3) is 0 Å². The monoisotopic (exact) mass is 262 g/mol. The lowest BCUT2D eigenvalue weighted by Gasteiger charge is -2.33. The highest BCUT2D eigenvalue weighted by Gasteiger charge is 2.24. The van der Waals surface area contributed by atoms with Gasteiger partial charge in [0, 0.05) is 17.8 Å². The zero-order chi connectivity index (χ0) is 13.8. The van der Waals surface area contributed by atoms with Gasteiger partial charge in [0.15, 0.2) is 6.10 Å². The van der Waals surface area contributed by atoms with Crippen LogP contribution in [0.3, 0.4) is 0 Å². The highest BCUT2D eigenvalue weighted by atomic mass is 16.5. The SMILES string of the molecule is COc1cccc(N2CCOC(C#N)C2)c1[C@@H](C)O. The number of ether oxygens (including phenoxy) is 2. The van der Waals surface area contributed by atoms with Gasteiger partial charge in [0.2, 0.25) is 0 Å². The maximum Gasteiger partial charge on any atom is 0.161 e. The van der Waals surface area contributed by atoms with Crippen LogP contribution in [0.5, 0.6) is 5.75 Å². The molecule has 1 saturated heterocycles. The third-order valence-electron chi connectivity index (χ3n) is 3.23. The summed E-state index contributed by atoms with van der Waals surface area (Å²) in [5.41, 5.74) is 1.65. The number of hydrogen-bond donors (Lipinski definition) is 1. The van der Waals surface area contributed by atoms with Crippen molar-refractivity contribution in [3.8, 4) is 11.8 Å². The van der Waals surface area contributed by atoms with E-state index in [1.807, 2.05) is 18.2 Å². The van der Waals surface area contributed by atoms with Crippen molar-refractivity contribution in [2.45, 2.75) is 19.1 Å². The molecule has 1 N–H and O–H groups in total. The van der Waals surface area contributed by atoms with Gasteiger partial charge >= 0.3 is 0 Å². The maximum absolute atomic E-state index is 9.97. The van der Waals surface area contributed by atoms with Crippen LogP contribution in [-0.2, 0) is 4.74 Å². The van der Waals surface area contributed by atoms with Crippen molar-refractivity contribution in [3.63, 3.8) is 0 Å². The lowest BCUT2D eigenvalue weighted by atomic mass is 10.0. The van der Waals surface area contributed by atoms with Gasteiger partial charge in [0.05, 0.1) is 32.4 Å². The van der Waals surface area contributed by atoms with E-state index in [9.17, 15) is 5.11 Å². The van der Waals surface area contributed by atoms with Crippen LogP contribution in [0.2, 0.25) is 0 Å². The van der Waals surface area contributed by atoms with Gasteiger partial charge in [-0.1, -0.05) is 6.07 Å². The van der Waals surface area contributed by atoms with Crippen molar-refractivity contribution in [2.75, 3.05) is 31.7 Å². The lowest BCUT2D eigenvalue weighted by molar-refractivity contribution is 0.0761. The van der Waals surface area contributed by atoms with Crippen molar-refractivity contribution in [3.05, 3.63) is 23.8 Å². The summed E-state index contributed by atoms with van der Waals surface area (Å²) in [4.78, 5) is 2.06. The Labute approximate surface area is 113 Å². The first-order chi connectivity index (χ1) is 9.17. The smallest absolute Gasteiger partial charge is 0.161 e. The summed E-state index contributed by atoms with van der Waals surface area (Å²) in [6.45, 7) is 3.42. The molecule has 1 fully saturated rings. The molecular formula is C14H18N2O3. The Morgan fingerprint density at radius 3 is 3.00 bits per heavy atom. The molecule has 1 heterocycles. The normalized spacial score (nSPS) is 20.7. The van der Waals surface area contributed by atoms with Crippen molar-refractivity contribution >= 4 is 5.69 Å². The van der Waals surface area contributed by atoms with E-state index in [1.54, 1.807) is 14.0 Å². The number of morpholine rings is 1. The van der Waals surface area contributed by atoms with E-state index >= 15 is 0 Å². The molecular weight excluding hydrogens is 244 g/mol. The van der Waals surface area contributed by atoms with Gasteiger partial charge in [-0.25, -0.2) is 0 Å². The molecule has 1 aromatic rings. The molecule has 0 spiro atoms. The molecule has 1 aliphatic heterocycles. The third kappa shape index (κ3) is 2.80. The van der Waals surface area contributed by atoms with Gasteiger partial charge in [-0.05, 0) is 19.1 Å². The summed E-state index contributed by atoms with van der Waals surface area (Å²) in [5, 5.41) is 18.9. The van der Waals surface area contributed by atoms with Gasteiger partial charge < -0.3 is 19.5 Å². The molecule has 0 bridgehead atoms. The highest BCUT2D eigenvalue weighted by Crippen LogP contribution is 2.35. The number of nitrogens with zero attached hydrogens (tertiary/aromatic N) is 2. The van der Waals surface area contributed by atoms with Crippen molar-refractivity contribution in [2.24, 2.45) is 0 Å². The van der Waals surface area contributed by atoms with Crippen LogP contribution in [-0.4, -0.2) is 38.0 Å². The number of benzene rings is 1. The molecule has 1 unspecified atom stereocenters. The Kier molecular flexibility index (Phi) is 4.25. The minimum absolute atomic E-state index is 0.429. The number of nitriles is 1. The second-order valence-electron chi connectivity index (χ2n) is 4.50. The van der Waals surface area contributed by atoms with E-state index < -0.39 is 12.2 Å². The topological polar surface area (TPSA) is 65.7 Å². The van der Waals surface area contributed by atoms with E-state index in [2.05, 4.69) is 11.0 Å². The average molecular weight is 262 g/mol. The van der Waals surface area contributed by atoms with Gasteiger partial charge in [-0.15, -0.1) is 0 Å². The van der Waals surface area contributed by atoms with Gasteiger partial charge in [-0.3, -0.25) is 0 Å². The molecule has 2 atom stereocenters. The Hall–Kier alpha value is -1.77. The van der Waals surface area contributed by atoms with Crippen LogP contribution in [0.15, 0.2) is 18.2 Å². The van der Waals surface area contributed by atoms with Crippen LogP contribution < -0.4 is 9.64 Å². The molecule has 102 valence electrons. The second-order valence-corrected chi connectivity index (χ2v) is 4.50. The Morgan fingerprint density at radius 1 is 1.58 bits per heavy atom. The van der Waals surface area contributed by atoms with Crippen LogP contribution in [0.1, 0.15) is 18.6 Å². The molecule has 5 heteroatoms. The summed E-state index contributed by atoms with van der Waals surface area (Å²) in [6, 6.07) is 7.77. The molecule has 2 rings (SSSR count). The highest BCUT2D eigenvalue weighted by molar-refractivity contribution is 5.60. The maximum atomic E-state index is 9.97. The summed E-state index contributed by atoms with van der Waals surface area (Å²) >= 11 is 0. The van der Waals surface area contributed by atoms with Crippen molar-refractivity contribution in [1.29, 1.82) is 5.26 Å². The Balaban J connectivity index is 2.36. The Bertz CT molecular complexity index is 482. The molecule has 0 aliphatic carbocycles. The number of anilines is 1. The zero-order valence-corrected chi connectivity index (χ0v) is 11.2. The van der Waals surface area contributed by atoms with Crippen LogP contribution in [0.4, 0.5) is 5.69 Å². The quantitative estimate of drug-likeness (QED) is 0.893. The predicted molar refractivity (Wildman–Crippen MR) is 71.2 cm³/mol. The molecule has 19 heavy (non-hydrogen) atoms. The fraction of sp³-hybridized carbons (Fsp3) is 0.500. The third-order valence-corrected chi connectivity index (χ3v) is 3.23. The zero-order valence-electron chi connectivity index (χ0n) is 11.2. The van der Waals surface area contributed by atoms with Gasteiger partial charge in [0.1, 0.15) is 5.75 Å². The number of rotatable bonds is 3. The molecule has 0 radical (unpaired) electrons. The summed E-state index contributed by atoms with van der Waals surface area (Å²) in [6.07, 6.45) is -1.06. The van der Waals surface area contributed by atoms with E-state index in [1.165, 1.54) is 0 Å². The van der Waals surface area contributed by atoms with E-state index in [0.29, 0.717) is 25.4 Å². The summed E-state index contributed by atoms with van der Waals surface area (Å²) < 4.78 is 10.6. The number of aliphatic hydroxyl groups is 1.